The van der Waals surface area contributed by atoms with Gasteiger partial charge in [-0.1, -0.05) is 31.2 Å². The number of carboxylic acids is 1. The van der Waals surface area contributed by atoms with Crippen LogP contribution in [0.15, 0.2) is 43.0 Å². The average molecular weight is 293 g/mol. The zero-order valence-corrected chi connectivity index (χ0v) is 12.0. The highest BCUT2D eigenvalue weighted by Gasteiger charge is 1.96. The van der Waals surface area contributed by atoms with Crippen LogP contribution >= 0.6 is 0 Å². The average Bonchev–Trinajstić information content (AvgIpc) is 2.52. The van der Waals surface area contributed by atoms with Crippen molar-refractivity contribution in [2.75, 3.05) is 13.2 Å². The molecular formula is C16H21O5. The van der Waals surface area contributed by atoms with Gasteiger partial charge in [-0.25, -0.2) is 14.7 Å². The van der Waals surface area contributed by atoms with E-state index in [2.05, 4.69) is 6.58 Å². The zero-order valence-electron chi connectivity index (χ0n) is 12.0. The van der Waals surface area contributed by atoms with Crippen molar-refractivity contribution in [3.8, 4) is 0 Å². The Labute approximate surface area is 124 Å². The Morgan fingerprint density at radius 2 is 1.71 bits per heavy atom. The Morgan fingerprint density at radius 3 is 2.19 bits per heavy atom. The van der Waals surface area contributed by atoms with Gasteiger partial charge in [0, 0.05) is 6.08 Å². The number of carbonyl (C=O) groups excluding carboxylic acids is 1. The molecule has 0 saturated heterocycles. The van der Waals surface area contributed by atoms with Gasteiger partial charge in [0.2, 0.25) is 0 Å². The van der Waals surface area contributed by atoms with E-state index in [1.165, 1.54) is 0 Å². The van der Waals surface area contributed by atoms with Gasteiger partial charge in [-0.2, -0.15) is 0 Å². The Bertz CT molecular complexity index is 414. The molecule has 1 rings (SSSR count). The third-order valence-electron chi connectivity index (χ3n) is 2.47. The Kier molecular flexibility index (Phi) is 11.6. The van der Waals surface area contributed by atoms with E-state index in [1.807, 2.05) is 0 Å². The molecule has 0 spiro atoms. The third kappa shape index (κ3) is 11.4. The highest BCUT2D eigenvalue weighted by molar-refractivity contribution is 5.87. The van der Waals surface area contributed by atoms with Gasteiger partial charge in [-0.3, -0.25) is 0 Å². The molecule has 0 aliphatic rings. The highest BCUT2D eigenvalue weighted by Crippen LogP contribution is 1.99. The summed E-state index contributed by atoms with van der Waals surface area (Å²) < 4.78 is 4.74. The molecular weight excluding hydrogens is 272 g/mol. The standard InChI is InChI=1S/C9H15O3.C7H6O2/c1-2-9(11)12-8-6-4-3-5-7-10;8-7(9)6-4-2-1-3-5-6/h2H,1,3-8H2;1-5H,(H,8,9). The number of aromatic carboxylic acids is 1. The van der Waals surface area contributed by atoms with Gasteiger partial charge in [-0.15, -0.1) is 0 Å². The largest absolute Gasteiger partial charge is 0.478 e. The molecule has 0 aliphatic heterocycles. The first kappa shape index (κ1) is 18.9. The number of carbonyl (C=O) groups is 2. The number of hydrogen-bond acceptors (Lipinski definition) is 3. The molecule has 1 aromatic rings. The minimum absolute atomic E-state index is 0.00749. The molecule has 0 saturated carbocycles. The van der Waals surface area contributed by atoms with Crippen LogP contribution in [0.3, 0.4) is 0 Å². The van der Waals surface area contributed by atoms with Crippen molar-refractivity contribution in [2.45, 2.75) is 25.7 Å². The monoisotopic (exact) mass is 293 g/mol. The number of unbranched alkanes of at least 4 members (excludes halogenated alkanes) is 3. The highest BCUT2D eigenvalue weighted by atomic mass is 16.5. The van der Waals surface area contributed by atoms with Gasteiger partial charge >= 0.3 is 11.9 Å². The molecule has 0 amide bonds. The van der Waals surface area contributed by atoms with Crippen molar-refractivity contribution >= 4 is 11.9 Å². The number of rotatable bonds is 8. The fourth-order valence-electron chi connectivity index (χ4n) is 1.37. The summed E-state index contributed by atoms with van der Waals surface area (Å²) in [4.78, 5) is 20.7. The van der Waals surface area contributed by atoms with Gasteiger partial charge in [0.25, 0.3) is 0 Å². The van der Waals surface area contributed by atoms with E-state index < -0.39 is 5.97 Å². The van der Waals surface area contributed by atoms with Crippen LogP contribution in [0, 0.1) is 0 Å². The van der Waals surface area contributed by atoms with Gasteiger partial charge in [0.15, 0.2) is 0 Å². The van der Waals surface area contributed by atoms with Crippen LogP contribution in [-0.2, 0) is 14.6 Å². The first-order chi connectivity index (χ1) is 10.1. The molecule has 5 nitrogen and oxygen atoms in total. The smallest absolute Gasteiger partial charge is 0.335 e. The van der Waals surface area contributed by atoms with Crippen LogP contribution in [-0.4, -0.2) is 30.3 Å². The summed E-state index contributed by atoms with van der Waals surface area (Å²) in [6.07, 6.45) is 4.58. The molecule has 0 atom stereocenters. The molecule has 21 heavy (non-hydrogen) atoms. The molecule has 0 aromatic heterocycles. The molecule has 0 heterocycles. The molecule has 1 aromatic carbocycles. The van der Waals surface area contributed by atoms with Crippen LogP contribution in [0.4, 0.5) is 0 Å². The summed E-state index contributed by atoms with van der Waals surface area (Å²) in [5, 5.41) is 18.4. The van der Waals surface area contributed by atoms with Crippen molar-refractivity contribution in [1.82, 2.24) is 0 Å². The lowest BCUT2D eigenvalue weighted by Crippen LogP contribution is -2.01. The number of benzene rings is 1. The van der Waals surface area contributed by atoms with Gasteiger partial charge in [0.05, 0.1) is 18.8 Å². The van der Waals surface area contributed by atoms with E-state index in [0.717, 1.165) is 31.8 Å². The normalized spacial score (nSPS) is 9.19. The number of esters is 1. The van der Waals surface area contributed by atoms with E-state index in [1.54, 1.807) is 30.3 Å². The second kappa shape index (κ2) is 12.9. The fourth-order valence-corrected chi connectivity index (χ4v) is 1.37. The van der Waals surface area contributed by atoms with E-state index in [0.29, 0.717) is 12.2 Å². The quantitative estimate of drug-likeness (QED) is 0.453. The van der Waals surface area contributed by atoms with Crippen molar-refractivity contribution in [3.63, 3.8) is 0 Å². The van der Waals surface area contributed by atoms with Crippen molar-refractivity contribution < 1.29 is 24.5 Å². The summed E-state index contributed by atoms with van der Waals surface area (Å²) in [7, 11) is 0. The lowest BCUT2D eigenvalue weighted by atomic mass is 10.2. The first-order valence-corrected chi connectivity index (χ1v) is 6.77. The maximum atomic E-state index is 10.5. The number of ether oxygens (including phenoxy) is 1. The van der Waals surface area contributed by atoms with Crippen molar-refractivity contribution in [3.05, 3.63) is 48.6 Å². The summed E-state index contributed by atoms with van der Waals surface area (Å²) >= 11 is 0. The minimum atomic E-state index is -0.879. The molecule has 0 aliphatic carbocycles. The van der Waals surface area contributed by atoms with Crippen molar-refractivity contribution in [1.29, 1.82) is 0 Å². The topological polar surface area (TPSA) is 83.5 Å². The summed E-state index contributed by atoms with van der Waals surface area (Å²) in [6, 6.07) is 8.30. The van der Waals surface area contributed by atoms with Crippen LogP contribution in [0.5, 0.6) is 0 Å². The molecule has 5 heteroatoms. The van der Waals surface area contributed by atoms with Gasteiger partial charge in [-0.05, 0) is 31.4 Å². The van der Waals surface area contributed by atoms with Crippen LogP contribution < -0.4 is 0 Å². The zero-order chi connectivity index (χ0) is 15.9. The molecule has 1 radical (unpaired) electrons. The molecule has 115 valence electrons. The number of hydrogen-bond donors (Lipinski definition) is 1. The third-order valence-corrected chi connectivity index (χ3v) is 2.47. The van der Waals surface area contributed by atoms with E-state index >= 15 is 0 Å². The predicted molar refractivity (Wildman–Crippen MR) is 78.6 cm³/mol. The van der Waals surface area contributed by atoms with E-state index in [9.17, 15) is 14.7 Å². The second-order valence-corrected chi connectivity index (χ2v) is 4.16. The van der Waals surface area contributed by atoms with Gasteiger partial charge in [0.1, 0.15) is 0 Å². The Morgan fingerprint density at radius 1 is 1.10 bits per heavy atom. The molecule has 0 unspecified atom stereocenters. The maximum Gasteiger partial charge on any atom is 0.335 e. The maximum absolute atomic E-state index is 10.5. The number of carboxylic acid groups (broad SMARTS) is 1. The lowest BCUT2D eigenvalue weighted by molar-refractivity contribution is -0.137. The van der Waals surface area contributed by atoms with E-state index in [-0.39, 0.29) is 12.6 Å². The van der Waals surface area contributed by atoms with E-state index in [4.69, 9.17) is 9.84 Å². The predicted octanol–water partition coefficient (Wildman–Crippen LogP) is 3.09. The molecule has 0 bridgehead atoms. The lowest BCUT2D eigenvalue weighted by Gasteiger charge is -2.00. The van der Waals surface area contributed by atoms with Gasteiger partial charge < -0.3 is 9.84 Å². The minimum Gasteiger partial charge on any atom is -0.478 e. The Balaban J connectivity index is 0.000000394. The fraction of sp³-hybridized carbons (Fsp3) is 0.375. The van der Waals surface area contributed by atoms with Crippen LogP contribution in [0.1, 0.15) is 36.0 Å². The van der Waals surface area contributed by atoms with Crippen LogP contribution in [0.2, 0.25) is 0 Å². The first-order valence-electron chi connectivity index (χ1n) is 6.77. The summed E-state index contributed by atoms with van der Waals surface area (Å²) in [5.74, 6) is -1.26. The van der Waals surface area contributed by atoms with Crippen molar-refractivity contribution in [2.24, 2.45) is 0 Å². The summed E-state index contributed by atoms with van der Waals surface area (Å²) in [5.41, 5.74) is 0.331. The summed E-state index contributed by atoms with van der Waals surface area (Å²) in [6.45, 7) is 3.70. The van der Waals surface area contributed by atoms with Crippen LogP contribution in [0.25, 0.3) is 0 Å². The Hall–Kier alpha value is -2.14. The SMILES string of the molecule is C=CC(=O)OCCCCCC[O].O=C(O)c1ccccc1. The molecule has 0 fully saturated rings. The molecule has 1 N–H and O–H groups in total. The second-order valence-electron chi connectivity index (χ2n) is 4.16.